The van der Waals surface area contributed by atoms with E-state index in [0.717, 1.165) is 28.9 Å². The molecule has 0 unspecified atom stereocenters. The number of nitrogens with zero attached hydrogens (tertiary/aromatic N) is 3. The summed E-state index contributed by atoms with van der Waals surface area (Å²) in [6.45, 7) is -0.165. The van der Waals surface area contributed by atoms with Crippen LogP contribution in [0.5, 0.6) is 5.75 Å². The zero-order valence-corrected chi connectivity index (χ0v) is 24.7. The molecule has 1 fully saturated rings. The number of alkyl halides is 3. The minimum absolute atomic E-state index is 0. The number of aromatic carboxylic acids is 1. The third-order valence-electron chi connectivity index (χ3n) is 6.82. The Bertz CT molecular complexity index is 1730. The first-order chi connectivity index (χ1) is 19.3. The van der Waals surface area contributed by atoms with Gasteiger partial charge in [-0.2, -0.15) is 18.3 Å². The number of rotatable bonds is 6. The fourth-order valence-electron chi connectivity index (χ4n) is 4.67. The summed E-state index contributed by atoms with van der Waals surface area (Å²) in [4.78, 5) is 25.7. The van der Waals surface area contributed by atoms with Crippen molar-refractivity contribution >= 4 is 34.4 Å². The molecule has 1 saturated heterocycles. The van der Waals surface area contributed by atoms with Gasteiger partial charge in [0.05, 0.1) is 29.1 Å². The van der Waals surface area contributed by atoms with E-state index in [4.69, 9.17) is 16.3 Å². The SMILES string of the molecule is COC1CN(C(=O)c2cc(F)c3c(-c4cc(O)c(C(=O)O)cc4F)nn(Cc4c(Cl)cccc4C(F)(F)F)c3c2)C1.[H-].[Na+]. The van der Waals surface area contributed by atoms with Crippen molar-refractivity contribution in [3.05, 3.63) is 81.4 Å². The smallest absolute Gasteiger partial charge is 1.00 e. The zero-order chi connectivity index (χ0) is 29.8. The Morgan fingerprint density at radius 3 is 2.45 bits per heavy atom. The van der Waals surface area contributed by atoms with Crippen molar-refractivity contribution in [1.29, 1.82) is 0 Å². The molecule has 0 spiro atoms. The van der Waals surface area contributed by atoms with Crippen LogP contribution < -0.4 is 29.6 Å². The van der Waals surface area contributed by atoms with Crippen molar-refractivity contribution < 1.29 is 77.5 Å². The molecule has 0 radical (unpaired) electrons. The first-order valence-corrected chi connectivity index (χ1v) is 12.3. The summed E-state index contributed by atoms with van der Waals surface area (Å²) in [6.07, 6.45) is -5.01. The molecule has 1 amide bonds. The monoisotopic (exact) mass is 619 g/mol. The quantitative estimate of drug-likeness (QED) is 0.254. The van der Waals surface area contributed by atoms with Gasteiger partial charge in [-0.15, -0.1) is 0 Å². The van der Waals surface area contributed by atoms with Crippen LogP contribution in [-0.2, 0) is 17.5 Å². The predicted octanol–water partition coefficient (Wildman–Crippen LogP) is 2.69. The molecule has 2 heterocycles. The number of methoxy groups -OCH3 is 1. The molecule has 1 aliphatic rings. The number of ether oxygens (including phenoxy) is 1. The molecule has 15 heteroatoms. The largest absolute Gasteiger partial charge is 1.00 e. The number of carbonyl (C=O) groups is 2. The molecular formula is C27H20ClF5N3NaO5. The van der Waals surface area contributed by atoms with Gasteiger partial charge in [0.15, 0.2) is 0 Å². The number of phenols is 1. The van der Waals surface area contributed by atoms with Gasteiger partial charge >= 0.3 is 41.7 Å². The van der Waals surface area contributed by atoms with Crippen LogP contribution in [0.25, 0.3) is 22.2 Å². The maximum absolute atomic E-state index is 15.7. The second-order valence-corrected chi connectivity index (χ2v) is 9.75. The Labute approximate surface area is 263 Å². The van der Waals surface area contributed by atoms with E-state index in [2.05, 4.69) is 5.10 Å². The van der Waals surface area contributed by atoms with Crippen molar-refractivity contribution in [3.8, 4) is 17.0 Å². The third-order valence-corrected chi connectivity index (χ3v) is 7.18. The fraction of sp³-hybridized carbons (Fsp3) is 0.222. The molecule has 4 aromatic rings. The molecule has 5 rings (SSSR count). The van der Waals surface area contributed by atoms with Crippen LogP contribution in [0.15, 0.2) is 42.5 Å². The number of aromatic nitrogens is 2. The average molecular weight is 620 g/mol. The standard InChI is InChI=1S/C27H19ClF5N3O5.Na.H/c1-41-13-9-35(10-13)25(38)12-5-20(30)23-21(6-12)36(11-16-17(27(31,32)33)3-2-4-18(16)28)34-24(23)14-8-22(37)15(26(39)40)7-19(14)29;;/h2-8,13,37H,9-11H2,1H3,(H,39,40);;/q;+1;-1. The molecule has 42 heavy (non-hydrogen) atoms. The first kappa shape index (κ1) is 31.7. The van der Waals surface area contributed by atoms with Crippen molar-refractivity contribution in [2.75, 3.05) is 20.2 Å². The van der Waals surface area contributed by atoms with Crippen LogP contribution in [0.3, 0.4) is 0 Å². The number of carbonyl (C=O) groups excluding carboxylic acids is 1. The van der Waals surface area contributed by atoms with Crippen molar-refractivity contribution in [1.82, 2.24) is 14.7 Å². The van der Waals surface area contributed by atoms with Gasteiger partial charge in [-0.25, -0.2) is 13.6 Å². The van der Waals surface area contributed by atoms with Gasteiger partial charge in [0.25, 0.3) is 5.91 Å². The normalized spacial score (nSPS) is 13.6. The molecule has 216 valence electrons. The number of likely N-dealkylation sites (tertiary alicyclic amines) is 1. The van der Waals surface area contributed by atoms with Gasteiger partial charge in [-0.05, 0) is 36.4 Å². The summed E-state index contributed by atoms with van der Waals surface area (Å²) in [5.41, 5.74) is -3.52. The number of hydrogen-bond donors (Lipinski definition) is 2. The Hall–Kier alpha value is -3.23. The number of carboxylic acids is 1. The van der Waals surface area contributed by atoms with E-state index < -0.39 is 69.9 Å². The Morgan fingerprint density at radius 2 is 1.83 bits per heavy atom. The first-order valence-electron chi connectivity index (χ1n) is 11.9. The Kier molecular flexibility index (Phi) is 8.91. The number of amides is 1. The molecule has 3 aromatic carbocycles. The summed E-state index contributed by atoms with van der Waals surface area (Å²) in [5.74, 6) is -5.28. The van der Waals surface area contributed by atoms with Crippen molar-refractivity contribution in [2.24, 2.45) is 0 Å². The molecular weight excluding hydrogens is 600 g/mol. The summed E-state index contributed by atoms with van der Waals surface area (Å²) in [6, 6.07) is 6.49. The molecule has 1 aromatic heterocycles. The minimum atomic E-state index is -4.81. The second-order valence-electron chi connectivity index (χ2n) is 9.34. The molecule has 0 saturated carbocycles. The van der Waals surface area contributed by atoms with Gasteiger partial charge in [0, 0.05) is 41.9 Å². The van der Waals surface area contributed by atoms with Gasteiger partial charge in [-0.3, -0.25) is 9.48 Å². The van der Waals surface area contributed by atoms with Crippen molar-refractivity contribution in [2.45, 2.75) is 18.8 Å². The van der Waals surface area contributed by atoms with Crippen LogP contribution in [0.2, 0.25) is 5.02 Å². The number of hydrogen-bond acceptors (Lipinski definition) is 5. The molecule has 0 aliphatic carbocycles. The Morgan fingerprint density at radius 1 is 1.14 bits per heavy atom. The fourth-order valence-corrected chi connectivity index (χ4v) is 4.91. The van der Waals surface area contributed by atoms with Crippen LogP contribution in [0.4, 0.5) is 22.0 Å². The van der Waals surface area contributed by atoms with E-state index in [1.807, 2.05) is 0 Å². The van der Waals surface area contributed by atoms with Crippen LogP contribution in [0, 0.1) is 11.6 Å². The zero-order valence-electron chi connectivity index (χ0n) is 23.0. The topological polar surface area (TPSA) is 105 Å². The van der Waals surface area contributed by atoms with Crippen molar-refractivity contribution in [3.63, 3.8) is 0 Å². The van der Waals surface area contributed by atoms with E-state index in [1.165, 1.54) is 24.1 Å². The second kappa shape index (κ2) is 11.8. The van der Waals surface area contributed by atoms with Gasteiger partial charge in [0.2, 0.25) is 0 Å². The van der Waals surface area contributed by atoms with Gasteiger partial charge in [0.1, 0.15) is 28.6 Å². The third kappa shape index (κ3) is 5.71. The number of fused-ring (bicyclic) bond motifs is 1. The predicted molar refractivity (Wildman–Crippen MR) is 137 cm³/mol. The molecule has 0 bridgehead atoms. The maximum Gasteiger partial charge on any atom is 1.00 e. The van der Waals surface area contributed by atoms with Crippen LogP contribution in [0.1, 0.15) is 33.3 Å². The van der Waals surface area contributed by atoms with E-state index in [1.54, 1.807) is 0 Å². The van der Waals surface area contributed by atoms with Crippen LogP contribution >= 0.6 is 11.6 Å². The summed E-state index contributed by atoms with van der Waals surface area (Å²) in [5, 5.41) is 22.9. The molecule has 2 N–H and O–H groups in total. The molecule has 8 nitrogen and oxygen atoms in total. The number of benzene rings is 3. The van der Waals surface area contributed by atoms with E-state index in [9.17, 15) is 33.0 Å². The van der Waals surface area contributed by atoms with E-state index in [-0.39, 0.29) is 71.7 Å². The maximum atomic E-state index is 15.7. The van der Waals surface area contributed by atoms with Gasteiger partial charge in [-0.1, -0.05) is 17.7 Å². The average Bonchev–Trinajstić information content (AvgIpc) is 3.23. The minimum Gasteiger partial charge on any atom is -1.00 e. The van der Waals surface area contributed by atoms with Gasteiger partial charge < -0.3 is 21.3 Å². The van der Waals surface area contributed by atoms with E-state index in [0.29, 0.717) is 6.07 Å². The molecule has 0 atom stereocenters. The summed E-state index contributed by atoms with van der Waals surface area (Å²) < 4.78 is 78.3. The Balaban J connectivity index is 0.00000253. The van der Waals surface area contributed by atoms with E-state index >= 15 is 8.78 Å². The summed E-state index contributed by atoms with van der Waals surface area (Å²) >= 11 is 6.13. The molecule has 1 aliphatic heterocycles. The number of carboxylic acid groups (broad SMARTS) is 1. The number of halogens is 6. The number of aromatic hydroxyl groups is 1. The van der Waals surface area contributed by atoms with Crippen LogP contribution in [-0.4, -0.2) is 63.1 Å². The summed E-state index contributed by atoms with van der Waals surface area (Å²) in [7, 11) is 1.47.